The fourth-order valence-electron chi connectivity index (χ4n) is 2.78. The lowest BCUT2D eigenvalue weighted by molar-refractivity contribution is -0.137. The number of nitrogens with one attached hydrogen (secondary N) is 2. The SMILES string of the molecule is O=C(Cc1cccc(C(F)(F)F)c1)NCCc1c[nH]c2ccccc12. The van der Waals surface area contributed by atoms with E-state index in [9.17, 15) is 18.0 Å². The molecular formula is C19H17F3N2O. The molecule has 1 aromatic heterocycles. The van der Waals surface area contributed by atoms with E-state index in [0.717, 1.165) is 28.6 Å². The van der Waals surface area contributed by atoms with Gasteiger partial charge in [-0.1, -0.05) is 36.4 Å². The Morgan fingerprint density at radius 1 is 1.08 bits per heavy atom. The molecule has 1 amide bonds. The van der Waals surface area contributed by atoms with Crippen LogP contribution in [-0.2, 0) is 23.8 Å². The van der Waals surface area contributed by atoms with E-state index in [1.807, 2.05) is 30.5 Å². The van der Waals surface area contributed by atoms with Crippen molar-refractivity contribution in [1.29, 1.82) is 0 Å². The Bertz CT molecular complexity index is 884. The van der Waals surface area contributed by atoms with E-state index < -0.39 is 11.7 Å². The number of aromatic amines is 1. The van der Waals surface area contributed by atoms with Crippen molar-refractivity contribution in [2.75, 3.05) is 6.54 Å². The highest BCUT2D eigenvalue weighted by Gasteiger charge is 2.30. The molecule has 3 rings (SSSR count). The molecule has 0 saturated carbocycles. The van der Waals surface area contributed by atoms with Gasteiger partial charge >= 0.3 is 6.18 Å². The van der Waals surface area contributed by atoms with Gasteiger partial charge in [-0.2, -0.15) is 13.2 Å². The topological polar surface area (TPSA) is 44.9 Å². The van der Waals surface area contributed by atoms with E-state index in [4.69, 9.17) is 0 Å². The summed E-state index contributed by atoms with van der Waals surface area (Å²) in [4.78, 5) is 15.1. The molecule has 0 atom stereocenters. The molecule has 0 saturated heterocycles. The van der Waals surface area contributed by atoms with Gasteiger partial charge < -0.3 is 10.3 Å². The summed E-state index contributed by atoms with van der Waals surface area (Å²) in [5, 5.41) is 3.86. The van der Waals surface area contributed by atoms with Crippen molar-refractivity contribution in [2.24, 2.45) is 0 Å². The molecule has 3 nitrogen and oxygen atoms in total. The quantitative estimate of drug-likeness (QED) is 0.718. The van der Waals surface area contributed by atoms with E-state index >= 15 is 0 Å². The third-order valence-corrected chi connectivity index (χ3v) is 4.01. The van der Waals surface area contributed by atoms with Gasteiger partial charge in [0, 0.05) is 23.6 Å². The Balaban J connectivity index is 1.55. The average Bonchev–Trinajstić information content (AvgIpc) is 2.98. The number of halogens is 3. The van der Waals surface area contributed by atoms with Crippen molar-refractivity contribution in [1.82, 2.24) is 10.3 Å². The third kappa shape index (κ3) is 4.21. The number of fused-ring (bicyclic) bond motifs is 1. The van der Waals surface area contributed by atoms with Crippen LogP contribution >= 0.6 is 0 Å². The Labute approximate surface area is 142 Å². The zero-order valence-electron chi connectivity index (χ0n) is 13.4. The van der Waals surface area contributed by atoms with Gasteiger partial charge in [0.2, 0.25) is 5.91 Å². The molecule has 1 heterocycles. The molecule has 0 spiro atoms. The second-order valence-electron chi connectivity index (χ2n) is 5.83. The Morgan fingerprint density at radius 3 is 2.68 bits per heavy atom. The van der Waals surface area contributed by atoms with Crippen molar-refractivity contribution in [3.8, 4) is 0 Å². The van der Waals surface area contributed by atoms with E-state index in [0.29, 0.717) is 18.5 Å². The van der Waals surface area contributed by atoms with Gasteiger partial charge in [0.25, 0.3) is 0 Å². The fourth-order valence-corrected chi connectivity index (χ4v) is 2.78. The summed E-state index contributed by atoms with van der Waals surface area (Å²) in [5.41, 5.74) is 1.73. The minimum atomic E-state index is -4.40. The molecule has 3 aromatic rings. The number of amides is 1. The predicted molar refractivity (Wildman–Crippen MR) is 90.2 cm³/mol. The highest BCUT2D eigenvalue weighted by molar-refractivity contribution is 5.83. The largest absolute Gasteiger partial charge is 0.416 e. The number of carbonyl (C=O) groups is 1. The molecule has 0 aliphatic carbocycles. The number of benzene rings is 2. The Hall–Kier alpha value is -2.76. The van der Waals surface area contributed by atoms with Crippen molar-refractivity contribution >= 4 is 16.8 Å². The first kappa shape index (κ1) is 17.1. The summed E-state index contributed by atoms with van der Waals surface area (Å²) in [7, 11) is 0. The lowest BCUT2D eigenvalue weighted by atomic mass is 10.1. The van der Waals surface area contributed by atoms with Crippen LogP contribution in [0.15, 0.2) is 54.7 Å². The molecule has 0 aliphatic rings. The maximum Gasteiger partial charge on any atom is 0.416 e. The number of H-pyrrole nitrogens is 1. The van der Waals surface area contributed by atoms with Crippen LogP contribution < -0.4 is 5.32 Å². The average molecular weight is 346 g/mol. The lowest BCUT2D eigenvalue weighted by Crippen LogP contribution is -2.27. The van der Waals surface area contributed by atoms with E-state index in [1.165, 1.54) is 12.1 Å². The molecule has 0 radical (unpaired) electrons. The third-order valence-electron chi connectivity index (χ3n) is 4.01. The summed E-state index contributed by atoms with van der Waals surface area (Å²) in [6.45, 7) is 0.430. The summed E-state index contributed by atoms with van der Waals surface area (Å²) in [5.74, 6) is -0.292. The van der Waals surface area contributed by atoms with Crippen LogP contribution in [-0.4, -0.2) is 17.4 Å². The predicted octanol–water partition coefficient (Wildman–Crippen LogP) is 4.09. The lowest BCUT2D eigenvalue weighted by Gasteiger charge is -2.09. The molecule has 0 fully saturated rings. The Morgan fingerprint density at radius 2 is 1.88 bits per heavy atom. The van der Waals surface area contributed by atoms with E-state index in [2.05, 4.69) is 10.3 Å². The molecule has 2 aromatic carbocycles. The second-order valence-corrected chi connectivity index (χ2v) is 5.83. The van der Waals surface area contributed by atoms with Crippen LogP contribution in [0.2, 0.25) is 0 Å². The maximum absolute atomic E-state index is 12.7. The van der Waals surface area contributed by atoms with Gasteiger partial charge in [0.15, 0.2) is 0 Å². The molecule has 25 heavy (non-hydrogen) atoms. The van der Waals surface area contributed by atoms with Crippen molar-refractivity contribution in [2.45, 2.75) is 19.0 Å². The smallest absolute Gasteiger partial charge is 0.361 e. The van der Waals surface area contributed by atoms with Crippen LogP contribution in [0.25, 0.3) is 10.9 Å². The first-order valence-electron chi connectivity index (χ1n) is 7.91. The second kappa shape index (κ2) is 7.01. The van der Waals surface area contributed by atoms with Crippen molar-refractivity contribution in [3.63, 3.8) is 0 Å². The summed E-state index contributed by atoms with van der Waals surface area (Å²) in [6.07, 6.45) is -1.92. The standard InChI is InChI=1S/C19H17F3N2O/c20-19(21,22)15-5-3-4-13(10-15)11-18(25)23-9-8-14-12-24-17-7-2-1-6-16(14)17/h1-7,10,12,24H,8-9,11H2,(H,23,25). The monoisotopic (exact) mass is 346 g/mol. The van der Waals surface area contributed by atoms with Gasteiger partial charge in [0.1, 0.15) is 0 Å². The number of aromatic nitrogens is 1. The molecule has 0 aliphatic heterocycles. The van der Waals surface area contributed by atoms with Crippen molar-refractivity contribution < 1.29 is 18.0 Å². The molecule has 2 N–H and O–H groups in total. The number of hydrogen-bond donors (Lipinski definition) is 2. The summed E-state index contributed by atoms with van der Waals surface area (Å²) < 4.78 is 38.1. The molecule has 130 valence electrons. The molecule has 0 bridgehead atoms. The number of carbonyl (C=O) groups excluding carboxylic acids is 1. The first-order chi connectivity index (χ1) is 11.9. The number of para-hydroxylation sites is 1. The summed E-state index contributed by atoms with van der Waals surface area (Å²) >= 11 is 0. The Kier molecular flexibility index (Phi) is 4.79. The van der Waals surface area contributed by atoms with Gasteiger partial charge in [-0.3, -0.25) is 4.79 Å². The van der Waals surface area contributed by atoms with Crippen molar-refractivity contribution in [3.05, 3.63) is 71.4 Å². The van der Waals surface area contributed by atoms with E-state index in [1.54, 1.807) is 0 Å². The number of alkyl halides is 3. The van der Waals surface area contributed by atoms with Gasteiger partial charge in [0.05, 0.1) is 12.0 Å². The van der Waals surface area contributed by atoms with Crippen LogP contribution in [0.1, 0.15) is 16.7 Å². The number of rotatable bonds is 5. The normalized spacial score (nSPS) is 11.6. The van der Waals surface area contributed by atoms with Crippen LogP contribution in [0.3, 0.4) is 0 Å². The number of hydrogen-bond acceptors (Lipinski definition) is 1. The minimum absolute atomic E-state index is 0.0716. The maximum atomic E-state index is 12.7. The highest BCUT2D eigenvalue weighted by Crippen LogP contribution is 2.29. The van der Waals surface area contributed by atoms with Crippen LogP contribution in [0, 0.1) is 0 Å². The molecule has 6 heteroatoms. The summed E-state index contributed by atoms with van der Waals surface area (Å²) in [6, 6.07) is 12.7. The fraction of sp³-hybridized carbons (Fsp3) is 0.211. The highest BCUT2D eigenvalue weighted by atomic mass is 19.4. The first-order valence-corrected chi connectivity index (χ1v) is 7.91. The molecule has 0 unspecified atom stereocenters. The van der Waals surface area contributed by atoms with Gasteiger partial charge in [-0.05, 0) is 29.7 Å². The van der Waals surface area contributed by atoms with Gasteiger partial charge in [-0.25, -0.2) is 0 Å². The molecular weight excluding hydrogens is 329 g/mol. The van der Waals surface area contributed by atoms with Crippen LogP contribution in [0.4, 0.5) is 13.2 Å². The minimum Gasteiger partial charge on any atom is -0.361 e. The zero-order valence-corrected chi connectivity index (χ0v) is 13.4. The van der Waals surface area contributed by atoms with Gasteiger partial charge in [-0.15, -0.1) is 0 Å². The van der Waals surface area contributed by atoms with Crippen LogP contribution in [0.5, 0.6) is 0 Å². The van der Waals surface area contributed by atoms with E-state index in [-0.39, 0.29) is 12.3 Å². The zero-order chi connectivity index (χ0) is 17.9.